The van der Waals surface area contributed by atoms with Gasteiger partial charge in [-0.05, 0) is 47.5 Å². The molecular formula is C26H37N9O4. The van der Waals surface area contributed by atoms with Gasteiger partial charge in [0.2, 0.25) is 0 Å². The maximum absolute atomic E-state index is 12.8. The topological polar surface area (TPSA) is 143 Å². The summed E-state index contributed by atoms with van der Waals surface area (Å²) < 4.78 is 13.2. The highest BCUT2D eigenvalue weighted by Gasteiger charge is 2.33. The number of amides is 2. The number of hydrogen-bond donors (Lipinski definition) is 2. The van der Waals surface area contributed by atoms with Crippen molar-refractivity contribution in [1.82, 2.24) is 39.5 Å². The summed E-state index contributed by atoms with van der Waals surface area (Å²) in [5, 5.41) is 10.4. The van der Waals surface area contributed by atoms with Gasteiger partial charge in [0, 0.05) is 44.3 Å². The zero-order valence-corrected chi connectivity index (χ0v) is 23.2. The average molecular weight is 540 g/mol. The number of carbonyl (C=O) groups excluding carboxylic acids is 2. The van der Waals surface area contributed by atoms with E-state index >= 15 is 0 Å². The van der Waals surface area contributed by atoms with Crippen LogP contribution in [0.3, 0.4) is 0 Å². The average Bonchev–Trinajstić information content (AvgIpc) is 3.64. The van der Waals surface area contributed by atoms with Crippen LogP contribution in [0.5, 0.6) is 0 Å². The second-order valence-electron chi connectivity index (χ2n) is 11.4. The van der Waals surface area contributed by atoms with E-state index in [0.29, 0.717) is 49.8 Å². The number of imidazole rings is 1. The van der Waals surface area contributed by atoms with Crippen molar-refractivity contribution in [3.05, 3.63) is 18.7 Å². The molecule has 2 saturated heterocycles. The molecule has 0 unspecified atom stereocenters. The summed E-state index contributed by atoms with van der Waals surface area (Å²) in [5.74, 6) is 1.24. The first-order valence-corrected chi connectivity index (χ1v) is 13.5. The summed E-state index contributed by atoms with van der Waals surface area (Å²) in [4.78, 5) is 42.6. The van der Waals surface area contributed by atoms with Crippen molar-refractivity contribution in [2.75, 3.05) is 31.5 Å². The number of nitrogens with one attached hydrogen (secondary N) is 2. The fraction of sp³-hybridized carbons (Fsp3) is 0.615. The molecule has 0 radical (unpaired) electrons. The van der Waals surface area contributed by atoms with E-state index in [0.717, 1.165) is 24.1 Å². The van der Waals surface area contributed by atoms with Crippen molar-refractivity contribution in [3.63, 3.8) is 0 Å². The molecule has 5 heterocycles. The number of rotatable bonds is 5. The number of ether oxygens (including phenoxy) is 2. The molecule has 0 saturated carbocycles. The van der Waals surface area contributed by atoms with Crippen LogP contribution in [0.1, 0.15) is 59.9 Å². The minimum Gasteiger partial charge on any atom is -0.444 e. The quantitative estimate of drug-likeness (QED) is 0.494. The van der Waals surface area contributed by atoms with E-state index in [-0.39, 0.29) is 30.4 Å². The summed E-state index contributed by atoms with van der Waals surface area (Å²) in [5.41, 5.74) is 1.72. The van der Waals surface area contributed by atoms with E-state index in [4.69, 9.17) is 19.4 Å². The molecule has 5 rings (SSSR count). The van der Waals surface area contributed by atoms with Gasteiger partial charge in [-0.3, -0.25) is 5.10 Å². The van der Waals surface area contributed by atoms with E-state index in [9.17, 15) is 9.59 Å². The lowest BCUT2D eigenvalue weighted by molar-refractivity contribution is 0.0235. The van der Waals surface area contributed by atoms with Crippen LogP contribution < -0.4 is 5.32 Å². The van der Waals surface area contributed by atoms with Crippen LogP contribution in [0.2, 0.25) is 0 Å². The van der Waals surface area contributed by atoms with Gasteiger partial charge >= 0.3 is 12.2 Å². The fourth-order valence-electron chi connectivity index (χ4n) is 4.83. The Labute approximate surface area is 227 Å². The van der Waals surface area contributed by atoms with E-state index in [1.54, 1.807) is 28.5 Å². The molecule has 2 aliphatic heterocycles. The van der Waals surface area contributed by atoms with Crippen LogP contribution in [0, 0.1) is 0 Å². The number of fused-ring (bicyclic) bond motifs is 1. The lowest BCUT2D eigenvalue weighted by Crippen LogP contribution is -2.44. The van der Waals surface area contributed by atoms with E-state index < -0.39 is 5.60 Å². The van der Waals surface area contributed by atoms with Crippen molar-refractivity contribution in [2.45, 2.75) is 77.7 Å². The van der Waals surface area contributed by atoms with Gasteiger partial charge in [0.15, 0.2) is 17.3 Å². The van der Waals surface area contributed by atoms with Crippen molar-refractivity contribution >= 4 is 29.2 Å². The van der Waals surface area contributed by atoms with Crippen LogP contribution in [-0.2, 0) is 9.47 Å². The van der Waals surface area contributed by atoms with E-state index in [2.05, 4.69) is 34.3 Å². The van der Waals surface area contributed by atoms with E-state index in [1.807, 2.05) is 25.3 Å². The molecule has 1 atom stereocenters. The van der Waals surface area contributed by atoms with Crippen LogP contribution >= 0.6 is 0 Å². The summed E-state index contributed by atoms with van der Waals surface area (Å²) in [6, 6.07) is 0.308. The highest BCUT2D eigenvalue weighted by molar-refractivity contribution is 5.85. The Morgan fingerprint density at radius 1 is 1.08 bits per heavy atom. The van der Waals surface area contributed by atoms with Crippen molar-refractivity contribution < 1.29 is 19.1 Å². The predicted octanol–water partition coefficient (Wildman–Crippen LogP) is 3.82. The first-order valence-electron chi connectivity index (χ1n) is 13.5. The molecule has 2 aliphatic rings. The molecule has 3 aromatic heterocycles. The second kappa shape index (κ2) is 10.7. The number of nitrogens with zero attached hydrogens (tertiary/aromatic N) is 7. The molecule has 2 fully saturated rings. The maximum atomic E-state index is 12.8. The summed E-state index contributed by atoms with van der Waals surface area (Å²) >= 11 is 0. The van der Waals surface area contributed by atoms with Gasteiger partial charge in [-0.15, -0.1) is 0 Å². The van der Waals surface area contributed by atoms with Crippen molar-refractivity contribution in [3.8, 4) is 11.4 Å². The Balaban J connectivity index is 1.18. The molecule has 2 N–H and O–H groups in total. The number of aromatic nitrogens is 6. The molecule has 0 aromatic carbocycles. The van der Waals surface area contributed by atoms with Crippen molar-refractivity contribution in [1.29, 1.82) is 0 Å². The van der Waals surface area contributed by atoms with Crippen LogP contribution in [0.15, 0.2) is 18.7 Å². The first-order chi connectivity index (χ1) is 18.6. The summed E-state index contributed by atoms with van der Waals surface area (Å²) in [6.45, 7) is 11.7. The standard InChI is InChI=1S/C26H37N9O4/c1-16(2)35-15-27-20-22(31-21(32-23(20)35)17-12-28-29-13-17)30-18-6-9-33(10-7-18)24(36)38-19-8-11-34(14-19)25(37)39-26(3,4)5/h12-13,15-16,18-19H,6-11,14H2,1-5H3,(H,28,29)(H,30,31,32)/t19-/m0/s1. The van der Waals surface area contributed by atoms with E-state index in [1.165, 1.54) is 0 Å². The molecule has 39 heavy (non-hydrogen) atoms. The number of hydrogen-bond acceptors (Lipinski definition) is 9. The Hall–Kier alpha value is -3.90. The highest BCUT2D eigenvalue weighted by atomic mass is 16.6. The molecule has 13 heteroatoms. The SMILES string of the molecule is CC(C)n1cnc2c(NC3CCN(C(=O)O[C@H]4CCN(C(=O)OC(C)(C)C)C4)CC3)nc(-c3cn[nH]c3)nc21. The normalized spacial score (nSPS) is 18.7. The zero-order valence-electron chi connectivity index (χ0n) is 23.2. The molecule has 0 bridgehead atoms. The number of carbonyl (C=O) groups is 2. The Morgan fingerprint density at radius 2 is 1.82 bits per heavy atom. The smallest absolute Gasteiger partial charge is 0.410 e. The summed E-state index contributed by atoms with van der Waals surface area (Å²) in [6.07, 6.45) is 6.29. The van der Waals surface area contributed by atoms with Crippen molar-refractivity contribution in [2.24, 2.45) is 0 Å². The number of H-pyrrole nitrogens is 1. The Kier molecular flexibility index (Phi) is 7.32. The third-order valence-electron chi connectivity index (χ3n) is 6.89. The van der Waals surface area contributed by atoms with Crippen LogP contribution in [0.25, 0.3) is 22.6 Å². The Morgan fingerprint density at radius 3 is 2.49 bits per heavy atom. The minimum absolute atomic E-state index is 0.114. The third kappa shape index (κ3) is 6.07. The number of piperidine rings is 1. The van der Waals surface area contributed by atoms with Gasteiger partial charge in [0.1, 0.15) is 17.2 Å². The number of aromatic amines is 1. The summed E-state index contributed by atoms with van der Waals surface area (Å²) in [7, 11) is 0. The molecule has 13 nitrogen and oxygen atoms in total. The van der Waals surface area contributed by atoms with Gasteiger partial charge in [-0.2, -0.15) is 5.10 Å². The minimum atomic E-state index is -0.558. The monoisotopic (exact) mass is 539 g/mol. The molecule has 0 spiro atoms. The largest absolute Gasteiger partial charge is 0.444 e. The number of anilines is 1. The van der Waals surface area contributed by atoms with Crippen LogP contribution in [0.4, 0.5) is 15.4 Å². The fourth-order valence-corrected chi connectivity index (χ4v) is 4.83. The molecule has 3 aromatic rings. The number of likely N-dealkylation sites (tertiary alicyclic amines) is 2. The lowest BCUT2D eigenvalue weighted by Gasteiger charge is -2.32. The maximum Gasteiger partial charge on any atom is 0.410 e. The molecular weight excluding hydrogens is 502 g/mol. The first kappa shape index (κ1) is 26.7. The molecule has 2 amide bonds. The Bertz CT molecular complexity index is 1310. The van der Waals surface area contributed by atoms with Gasteiger partial charge in [0.25, 0.3) is 0 Å². The zero-order chi connectivity index (χ0) is 27.7. The van der Waals surface area contributed by atoms with Gasteiger partial charge in [-0.25, -0.2) is 24.5 Å². The van der Waals surface area contributed by atoms with Gasteiger partial charge < -0.3 is 29.2 Å². The molecule has 210 valence electrons. The second-order valence-corrected chi connectivity index (χ2v) is 11.4. The highest BCUT2D eigenvalue weighted by Crippen LogP contribution is 2.27. The molecule has 0 aliphatic carbocycles. The van der Waals surface area contributed by atoms with Gasteiger partial charge in [0.05, 0.1) is 24.6 Å². The third-order valence-corrected chi connectivity index (χ3v) is 6.89. The van der Waals surface area contributed by atoms with Crippen LogP contribution in [-0.4, -0.2) is 95.6 Å². The lowest BCUT2D eigenvalue weighted by atomic mass is 10.1. The predicted molar refractivity (Wildman–Crippen MR) is 144 cm³/mol. The van der Waals surface area contributed by atoms with Gasteiger partial charge in [-0.1, -0.05) is 0 Å².